The molecule has 2 aromatic carbocycles. The Labute approximate surface area is 141 Å². The lowest BCUT2D eigenvalue weighted by Crippen LogP contribution is -2.35. The van der Waals surface area contributed by atoms with Crippen LogP contribution in [0.5, 0.6) is 0 Å². The van der Waals surface area contributed by atoms with Gasteiger partial charge >= 0.3 is 5.97 Å². The fourth-order valence-corrected chi connectivity index (χ4v) is 2.34. The third-order valence-electron chi connectivity index (χ3n) is 3.68. The highest BCUT2D eigenvalue weighted by Crippen LogP contribution is 2.10. The van der Waals surface area contributed by atoms with Crippen LogP contribution in [-0.2, 0) is 11.3 Å². The van der Waals surface area contributed by atoms with Crippen molar-refractivity contribution in [3.05, 3.63) is 65.7 Å². The Balaban J connectivity index is 1.92. The second-order valence-electron chi connectivity index (χ2n) is 5.58. The molecule has 5 heteroatoms. The van der Waals surface area contributed by atoms with Gasteiger partial charge in [-0.05, 0) is 36.2 Å². The van der Waals surface area contributed by atoms with E-state index in [0.29, 0.717) is 18.5 Å². The van der Waals surface area contributed by atoms with Crippen molar-refractivity contribution in [1.29, 1.82) is 0 Å². The van der Waals surface area contributed by atoms with E-state index < -0.39 is 12.0 Å². The molecule has 0 saturated heterocycles. The van der Waals surface area contributed by atoms with Crippen LogP contribution in [0.4, 0.5) is 5.69 Å². The Morgan fingerprint density at radius 3 is 2.29 bits per heavy atom. The predicted molar refractivity (Wildman–Crippen MR) is 94.0 cm³/mol. The quantitative estimate of drug-likeness (QED) is 0.695. The average molecular weight is 326 g/mol. The van der Waals surface area contributed by atoms with Crippen molar-refractivity contribution >= 4 is 17.6 Å². The number of carboxylic acids is 1. The molecular weight excluding hydrogens is 304 g/mol. The molecule has 0 radical (unpaired) electrons. The fourth-order valence-electron chi connectivity index (χ4n) is 2.34. The molecule has 0 fully saturated rings. The van der Waals surface area contributed by atoms with Gasteiger partial charge in [0.2, 0.25) is 0 Å². The number of nitrogens with one attached hydrogen (secondary N) is 2. The lowest BCUT2D eigenvalue weighted by atomic mass is 10.1. The van der Waals surface area contributed by atoms with Crippen molar-refractivity contribution in [3.8, 4) is 0 Å². The van der Waals surface area contributed by atoms with E-state index in [-0.39, 0.29) is 5.91 Å². The minimum atomic E-state index is -0.837. The van der Waals surface area contributed by atoms with Crippen molar-refractivity contribution in [2.75, 3.05) is 5.32 Å². The number of hydrogen-bond donors (Lipinski definition) is 3. The zero-order valence-electron chi connectivity index (χ0n) is 13.7. The van der Waals surface area contributed by atoms with Gasteiger partial charge in [0, 0.05) is 17.8 Å². The molecule has 0 aliphatic heterocycles. The molecule has 0 heterocycles. The van der Waals surface area contributed by atoms with Crippen LogP contribution in [0.3, 0.4) is 0 Å². The maximum atomic E-state index is 12.2. The number of carboxylic acid groups (broad SMARTS) is 1. The number of anilines is 1. The number of carbonyl (C=O) groups is 2. The Kier molecular flexibility index (Phi) is 6.51. The van der Waals surface area contributed by atoms with Crippen LogP contribution < -0.4 is 10.6 Å². The summed E-state index contributed by atoms with van der Waals surface area (Å²) in [5.74, 6) is -1.01. The Morgan fingerprint density at radius 2 is 1.71 bits per heavy atom. The van der Waals surface area contributed by atoms with E-state index in [1.54, 1.807) is 12.1 Å². The van der Waals surface area contributed by atoms with Gasteiger partial charge in [-0.3, -0.25) is 9.59 Å². The molecule has 0 spiro atoms. The van der Waals surface area contributed by atoms with Gasteiger partial charge in [-0.15, -0.1) is 0 Å². The first-order chi connectivity index (χ1) is 11.6. The standard InChI is InChI=1S/C19H22N2O3/c1-2-6-17(19(23)24)20-13-14-9-11-15(12-10-14)18(22)21-16-7-4-3-5-8-16/h3-5,7-12,17,20H,2,6,13H2,1H3,(H,21,22)(H,23,24). The van der Waals surface area contributed by atoms with E-state index in [4.69, 9.17) is 5.11 Å². The molecule has 24 heavy (non-hydrogen) atoms. The number of rotatable bonds is 8. The number of hydrogen-bond acceptors (Lipinski definition) is 3. The summed E-state index contributed by atoms with van der Waals surface area (Å²) >= 11 is 0. The average Bonchev–Trinajstić information content (AvgIpc) is 2.59. The first-order valence-corrected chi connectivity index (χ1v) is 8.01. The van der Waals surface area contributed by atoms with E-state index in [1.165, 1.54) is 0 Å². The summed E-state index contributed by atoms with van der Waals surface area (Å²) in [4.78, 5) is 23.3. The lowest BCUT2D eigenvalue weighted by molar-refractivity contribution is -0.139. The van der Waals surface area contributed by atoms with Crippen molar-refractivity contribution in [2.45, 2.75) is 32.4 Å². The highest BCUT2D eigenvalue weighted by Gasteiger charge is 2.15. The summed E-state index contributed by atoms with van der Waals surface area (Å²) in [5.41, 5.74) is 2.25. The van der Waals surface area contributed by atoms with Crippen LogP contribution in [0.15, 0.2) is 54.6 Å². The summed E-state index contributed by atoms with van der Waals surface area (Å²) in [6, 6.07) is 15.9. The smallest absolute Gasteiger partial charge is 0.320 e. The van der Waals surface area contributed by atoms with Crippen LogP contribution in [0.1, 0.15) is 35.7 Å². The second kappa shape index (κ2) is 8.84. The van der Waals surface area contributed by atoms with Gasteiger partial charge in [0.05, 0.1) is 0 Å². The van der Waals surface area contributed by atoms with Gasteiger partial charge in [0.15, 0.2) is 0 Å². The Bertz CT molecular complexity index is 669. The molecule has 1 unspecified atom stereocenters. The molecule has 5 nitrogen and oxygen atoms in total. The molecule has 0 aliphatic carbocycles. The molecule has 2 aromatic rings. The van der Waals surface area contributed by atoms with Gasteiger partial charge in [-0.25, -0.2) is 0 Å². The van der Waals surface area contributed by atoms with Gasteiger partial charge in [0.25, 0.3) is 5.91 Å². The predicted octanol–water partition coefficient (Wildman–Crippen LogP) is 3.28. The van der Waals surface area contributed by atoms with E-state index in [0.717, 1.165) is 17.7 Å². The number of carbonyl (C=O) groups excluding carboxylic acids is 1. The normalized spacial score (nSPS) is 11.7. The van der Waals surface area contributed by atoms with E-state index in [2.05, 4.69) is 10.6 Å². The second-order valence-corrected chi connectivity index (χ2v) is 5.58. The van der Waals surface area contributed by atoms with E-state index in [1.807, 2.05) is 49.4 Å². The van der Waals surface area contributed by atoms with Crippen LogP contribution in [0.25, 0.3) is 0 Å². The van der Waals surface area contributed by atoms with Crippen molar-refractivity contribution in [1.82, 2.24) is 5.32 Å². The Hall–Kier alpha value is -2.66. The molecular formula is C19H22N2O3. The number of benzene rings is 2. The summed E-state index contributed by atoms with van der Waals surface area (Å²) in [7, 11) is 0. The molecule has 0 saturated carbocycles. The summed E-state index contributed by atoms with van der Waals surface area (Å²) in [5, 5.41) is 15.0. The maximum Gasteiger partial charge on any atom is 0.320 e. The largest absolute Gasteiger partial charge is 0.480 e. The number of para-hydroxylation sites is 1. The molecule has 126 valence electrons. The summed E-state index contributed by atoms with van der Waals surface area (Å²) in [6.45, 7) is 2.41. The molecule has 2 rings (SSSR count). The van der Waals surface area contributed by atoms with Crippen molar-refractivity contribution in [3.63, 3.8) is 0 Å². The molecule has 1 amide bonds. The topological polar surface area (TPSA) is 78.4 Å². The lowest BCUT2D eigenvalue weighted by Gasteiger charge is -2.13. The van der Waals surface area contributed by atoms with Crippen LogP contribution in [0.2, 0.25) is 0 Å². The van der Waals surface area contributed by atoms with Gasteiger partial charge in [-0.1, -0.05) is 43.7 Å². The number of aliphatic carboxylic acids is 1. The van der Waals surface area contributed by atoms with Crippen LogP contribution >= 0.6 is 0 Å². The van der Waals surface area contributed by atoms with Crippen molar-refractivity contribution < 1.29 is 14.7 Å². The molecule has 0 aromatic heterocycles. The minimum absolute atomic E-state index is 0.171. The molecule has 0 bridgehead atoms. The van der Waals surface area contributed by atoms with Gasteiger partial charge < -0.3 is 15.7 Å². The van der Waals surface area contributed by atoms with Gasteiger partial charge in [-0.2, -0.15) is 0 Å². The third kappa shape index (κ3) is 5.21. The SMILES string of the molecule is CCCC(NCc1ccc(C(=O)Nc2ccccc2)cc1)C(=O)O. The first-order valence-electron chi connectivity index (χ1n) is 8.01. The van der Waals surface area contributed by atoms with Gasteiger partial charge in [0.1, 0.15) is 6.04 Å². The zero-order valence-corrected chi connectivity index (χ0v) is 13.7. The minimum Gasteiger partial charge on any atom is -0.480 e. The van der Waals surface area contributed by atoms with Crippen molar-refractivity contribution in [2.24, 2.45) is 0 Å². The Morgan fingerprint density at radius 1 is 1.04 bits per heavy atom. The third-order valence-corrected chi connectivity index (χ3v) is 3.68. The fraction of sp³-hybridized carbons (Fsp3) is 0.263. The summed E-state index contributed by atoms with van der Waals surface area (Å²) < 4.78 is 0. The molecule has 0 aliphatic rings. The van der Waals surface area contributed by atoms with E-state index in [9.17, 15) is 9.59 Å². The van der Waals surface area contributed by atoms with Crippen LogP contribution in [-0.4, -0.2) is 23.0 Å². The monoisotopic (exact) mass is 326 g/mol. The number of amides is 1. The highest BCUT2D eigenvalue weighted by molar-refractivity contribution is 6.04. The zero-order chi connectivity index (χ0) is 17.4. The van der Waals surface area contributed by atoms with E-state index >= 15 is 0 Å². The van der Waals surface area contributed by atoms with Crippen LogP contribution in [0, 0.1) is 0 Å². The molecule has 1 atom stereocenters. The first kappa shape index (κ1) is 17.7. The summed E-state index contributed by atoms with van der Waals surface area (Å²) in [6.07, 6.45) is 1.40. The maximum absolute atomic E-state index is 12.2. The molecule has 3 N–H and O–H groups in total. The highest BCUT2D eigenvalue weighted by atomic mass is 16.4.